The monoisotopic (exact) mass is 824 g/mol. The highest BCUT2D eigenvalue weighted by Gasteiger charge is 2.70. The number of carbonyl (C=O) groups is 3. The van der Waals surface area contributed by atoms with E-state index in [0.29, 0.717) is 25.7 Å². The lowest BCUT2D eigenvalue weighted by atomic mass is 9.33. The summed E-state index contributed by atoms with van der Waals surface area (Å²) in [4.78, 5) is 36.5. The SMILES string of the molecule is CC1(C)[C@@H](OC2O[C@H](C(=O)O)C(O)C(O)[C@H]2O[C@@H]2OC(C(=O)O)[C@@H](O)C(O)C2O)CC[C@]2(C)[C@H]3C(O)C=C4[C@@H]5C[C@@](C)(C(=O)O)CC[C@]5(C)CC[C@@]4(C)[C@]3(C)CC[C@@H]12. The van der Waals surface area contributed by atoms with Gasteiger partial charge < -0.3 is 64.9 Å². The smallest absolute Gasteiger partial charge is 0.335 e. The van der Waals surface area contributed by atoms with Crippen molar-refractivity contribution in [1.29, 1.82) is 0 Å². The third-order valence-corrected chi connectivity index (χ3v) is 17.4. The zero-order valence-corrected chi connectivity index (χ0v) is 34.5. The number of carboxylic acids is 3. The molecular weight excluding hydrogens is 760 g/mol. The van der Waals surface area contributed by atoms with E-state index in [1.807, 2.05) is 20.8 Å². The maximum Gasteiger partial charge on any atom is 0.335 e. The Bertz CT molecular complexity index is 1680. The second kappa shape index (κ2) is 14.4. The van der Waals surface area contributed by atoms with E-state index in [4.69, 9.17) is 18.9 Å². The van der Waals surface area contributed by atoms with Crippen LogP contribution in [-0.2, 0) is 33.3 Å². The van der Waals surface area contributed by atoms with Crippen LogP contribution in [0.4, 0.5) is 0 Å². The lowest BCUT2D eigenvalue weighted by molar-refractivity contribution is -0.372. The summed E-state index contributed by atoms with van der Waals surface area (Å²) in [6.45, 7) is 15.1. The molecule has 328 valence electrons. The molecule has 0 aromatic carbocycles. The summed E-state index contributed by atoms with van der Waals surface area (Å²) in [6.07, 6.45) is -12.3. The third-order valence-electron chi connectivity index (χ3n) is 17.4. The topological polar surface area (TPSA) is 270 Å². The summed E-state index contributed by atoms with van der Waals surface area (Å²) in [7, 11) is 0. The normalized spacial score (nSPS) is 53.8. The summed E-state index contributed by atoms with van der Waals surface area (Å²) < 4.78 is 23.4. The average Bonchev–Trinajstić information content (AvgIpc) is 3.13. The van der Waals surface area contributed by atoms with Crippen molar-refractivity contribution in [2.75, 3.05) is 0 Å². The van der Waals surface area contributed by atoms with E-state index in [0.717, 1.165) is 32.1 Å². The fourth-order valence-electron chi connectivity index (χ4n) is 13.6. The summed E-state index contributed by atoms with van der Waals surface area (Å²) in [5.41, 5.74) is -1.34. The summed E-state index contributed by atoms with van der Waals surface area (Å²) in [5.74, 6) is -4.18. The highest BCUT2D eigenvalue weighted by molar-refractivity contribution is 5.75. The molecule has 6 fully saturated rings. The van der Waals surface area contributed by atoms with Gasteiger partial charge in [-0.25, -0.2) is 9.59 Å². The van der Waals surface area contributed by atoms with Gasteiger partial charge in [-0.2, -0.15) is 0 Å². The van der Waals surface area contributed by atoms with Crippen molar-refractivity contribution < 1.29 is 79.3 Å². The Balaban J connectivity index is 1.17. The van der Waals surface area contributed by atoms with E-state index < -0.39 is 108 Å². The number of aliphatic hydroxyl groups is 6. The first-order chi connectivity index (χ1) is 26.8. The van der Waals surface area contributed by atoms with Crippen LogP contribution in [0.2, 0.25) is 0 Å². The largest absolute Gasteiger partial charge is 0.481 e. The fraction of sp³-hybridized carbons (Fsp3) is 0.881. The number of allylic oxidation sites excluding steroid dienone is 1. The van der Waals surface area contributed by atoms with Crippen LogP contribution < -0.4 is 0 Å². The van der Waals surface area contributed by atoms with Gasteiger partial charge >= 0.3 is 17.9 Å². The molecule has 2 heterocycles. The van der Waals surface area contributed by atoms with Gasteiger partial charge in [-0.1, -0.05) is 53.2 Å². The van der Waals surface area contributed by atoms with Gasteiger partial charge in [0.1, 0.15) is 36.6 Å². The number of carboxylic acid groups (broad SMARTS) is 3. The molecule has 5 aliphatic carbocycles. The molecule has 58 heavy (non-hydrogen) atoms. The molecule has 0 spiro atoms. The second-order valence-corrected chi connectivity index (χ2v) is 20.8. The van der Waals surface area contributed by atoms with Crippen LogP contribution in [-0.4, -0.2) is 137 Å². The molecule has 16 heteroatoms. The number of ether oxygens (including phenoxy) is 4. The molecule has 0 amide bonds. The number of aliphatic hydroxyl groups excluding tert-OH is 6. The van der Waals surface area contributed by atoms with Crippen molar-refractivity contribution in [2.45, 2.75) is 180 Å². The third kappa shape index (κ3) is 6.33. The van der Waals surface area contributed by atoms with E-state index in [1.165, 1.54) is 5.57 Å². The molecule has 0 aromatic heterocycles. The lowest BCUT2D eigenvalue weighted by Crippen LogP contribution is -2.68. The zero-order chi connectivity index (χ0) is 42.9. The van der Waals surface area contributed by atoms with Crippen LogP contribution in [0.3, 0.4) is 0 Å². The van der Waals surface area contributed by atoms with Crippen LogP contribution in [0.5, 0.6) is 0 Å². The summed E-state index contributed by atoms with van der Waals surface area (Å²) in [6, 6.07) is 0. The fourth-order valence-corrected chi connectivity index (χ4v) is 13.6. The zero-order valence-electron chi connectivity index (χ0n) is 34.5. The molecule has 2 saturated heterocycles. The Morgan fingerprint density at radius 2 is 1.26 bits per heavy atom. The average molecular weight is 825 g/mol. The minimum Gasteiger partial charge on any atom is -0.481 e. The molecule has 16 nitrogen and oxygen atoms in total. The van der Waals surface area contributed by atoms with Crippen molar-refractivity contribution >= 4 is 17.9 Å². The van der Waals surface area contributed by atoms with Gasteiger partial charge in [0.25, 0.3) is 0 Å². The molecule has 7 aliphatic rings. The first-order valence-corrected chi connectivity index (χ1v) is 20.9. The summed E-state index contributed by atoms with van der Waals surface area (Å²) in [5, 5.41) is 95.5. The molecule has 20 atom stereocenters. The van der Waals surface area contributed by atoms with Gasteiger partial charge in [-0.15, -0.1) is 0 Å². The van der Waals surface area contributed by atoms with Gasteiger partial charge in [-0.3, -0.25) is 4.79 Å². The minimum absolute atomic E-state index is 0.0333. The van der Waals surface area contributed by atoms with Gasteiger partial charge in [0.15, 0.2) is 24.8 Å². The highest BCUT2D eigenvalue weighted by Crippen LogP contribution is 2.76. The van der Waals surface area contributed by atoms with Crippen molar-refractivity contribution in [3.63, 3.8) is 0 Å². The molecule has 9 N–H and O–H groups in total. The molecule has 0 radical (unpaired) electrons. The van der Waals surface area contributed by atoms with Crippen molar-refractivity contribution in [2.24, 2.45) is 50.2 Å². The molecule has 0 aromatic rings. The van der Waals surface area contributed by atoms with E-state index in [2.05, 4.69) is 33.8 Å². The molecular formula is C42H64O16. The number of hydrogen-bond acceptors (Lipinski definition) is 13. The van der Waals surface area contributed by atoms with Crippen LogP contribution in [0.1, 0.15) is 106 Å². The van der Waals surface area contributed by atoms with Gasteiger partial charge in [0.05, 0.1) is 17.6 Å². The van der Waals surface area contributed by atoms with E-state index in [1.54, 1.807) is 0 Å². The predicted octanol–water partition coefficient (Wildman–Crippen LogP) is 2.04. The number of rotatable bonds is 7. The molecule has 0 bridgehead atoms. The van der Waals surface area contributed by atoms with Crippen LogP contribution in [0, 0.1) is 50.2 Å². The highest BCUT2D eigenvalue weighted by atomic mass is 16.8. The van der Waals surface area contributed by atoms with Gasteiger partial charge in [0, 0.05) is 5.92 Å². The van der Waals surface area contributed by atoms with E-state index in [-0.39, 0.29) is 34.0 Å². The first-order valence-electron chi connectivity index (χ1n) is 20.9. The van der Waals surface area contributed by atoms with Crippen LogP contribution in [0.15, 0.2) is 11.6 Å². The van der Waals surface area contributed by atoms with Crippen molar-refractivity contribution in [3.8, 4) is 0 Å². The maximum absolute atomic E-state index is 12.5. The standard InChI is InChI=1S/C42H64O16/c1-37(2)21-8-11-42(7)31(20(43)16-18-19-17-39(4,36(53)54)13-12-38(19,3)14-15-41(18,42)6)40(21,5)10-9-22(37)55-35-30(26(47)25(46)29(57-35)33(51)52)58-34-27(48)23(44)24(45)28(56-34)32(49)50/h16,19-31,34-35,43-48H,8-15,17H2,1-7H3,(H,49,50)(H,51,52)(H,53,54)/t19-,20?,21-,22-,23?,24-,25?,26?,27?,28?,29-,30+,31+,34-,35?,38+,39-,40-,41+,42+/m0/s1. The Morgan fingerprint density at radius 1 is 0.672 bits per heavy atom. The van der Waals surface area contributed by atoms with Crippen LogP contribution >= 0.6 is 0 Å². The number of fused-ring (bicyclic) bond motifs is 7. The summed E-state index contributed by atoms with van der Waals surface area (Å²) >= 11 is 0. The maximum atomic E-state index is 12.5. The quantitative estimate of drug-likeness (QED) is 0.131. The van der Waals surface area contributed by atoms with Gasteiger partial charge in [0.2, 0.25) is 0 Å². The van der Waals surface area contributed by atoms with Gasteiger partial charge in [-0.05, 0) is 104 Å². The molecule has 2 aliphatic heterocycles. The Hall–Kier alpha value is -2.25. The van der Waals surface area contributed by atoms with Crippen LogP contribution in [0.25, 0.3) is 0 Å². The number of hydrogen-bond donors (Lipinski definition) is 9. The molecule has 4 saturated carbocycles. The van der Waals surface area contributed by atoms with Crippen molar-refractivity contribution in [3.05, 3.63) is 11.6 Å². The van der Waals surface area contributed by atoms with E-state index >= 15 is 0 Å². The molecule has 7 rings (SSSR count). The van der Waals surface area contributed by atoms with E-state index in [9.17, 15) is 60.3 Å². The molecule has 7 unspecified atom stereocenters. The Morgan fingerprint density at radius 3 is 1.86 bits per heavy atom. The number of aliphatic carboxylic acids is 3. The Labute approximate surface area is 338 Å². The minimum atomic E-state index is -2.04. The first kappa shape index (κ1) is 43.8. The Kier molecular flexibility index (Phi) is 10.9. The van der Waals surface area contributed by atoms with Crippen molar-refractivity contribution in [1.82, 2.24) is 0 Å². The predicted molar refractivity (Wildman–Crippen MR) is 200 cm³/mol. The lowest BCUT2D eigenvalue weighted by Gasteiger charge is -2.72. The second-order valence-electron chi connectivity index (χ2n) is 20.8.